The zero-order valence-corrected chi connectivity index (χ0v) is 13.5. The third-order valence-electron chi connectivity index (χ3n) is 3.08. The molecule has 1 N–H and O–H groups in total. The summed E-state index contributed by atoms with van der Waals surface area (Å²) in [4.78, 5) is 0. The van der Waals surface area contributed by atoms with Crippen LogP contribution in [0.2, 0.25) is 5.02 Å². The highest BCUT2D eigenvalue weighted by atomic mass is 79.9. The van der Waals surface area contributed by atoms with E-state index in [-0.39, 0.29) is 16.9 Å². The monoisotopic (exact) mass is 355 g/mol. The number of rotatable bonds is 5. The summed E-state index contributed by atoms with van der Waals surface area (Å²) in [7, 11) is 0. The van der Waals surface area contributed by atoms with E-state index in [2.05, 4.69) is 40.3 Å². The van der Waals surface area contributed by atoms with Gasteiger partial charge in [0.1, 0.15) is 5.82 Å². The van der Waals surface area contributed by atoms with Gasteiger partial charge in [-0.25, -0.2) is 4.39 Å². The van der Waals surface area contributed by atoms with Gasteiger partial charge in [0.25, 0.3) is 0 Å². The van der Waals surface area contributed by atoms with E-state index in [4.69, 9.17) is 11.6 Å². The van der Waals surface area contributed by atoms with Crippen molar-refractivity contribution in [1.29, 1.82) is 0 Å². The summed E-state index contributed by atoms with van der Waals surface area (Å²) in [5, 5.41) is 3.63. The van der Waals surface area contributed by atoms with Gasteiger partial charge in [-0.3, -0.25) is 0 Å². The Hall–Kier alpha value is -0.900. The Morgan fingerprint density at radius 3 is 2.40 bits per heavy atom. The maximum absolute atomic E-state index is 13.3. The summed E-state index contributed by atoms with van der Waals surface area (Å²) >= 11 is 9.33. The Labute approximate surface area is 132 Å². The molecule has 1 nitrogen and oxygen atoms in total. The Bertz CT molecular complexity index is 571. The first kappa shape index (κ1) is 15.5. The van der Waals surface area contributed by atoms with Crippen LogP contribution < -0.4 is 5.32 Å². The van der Waals surface area contributed by atoms with E-state index in [0.29, 0.717) is 0 Å². The van der Waals surface area contributed by atoms with Crippen LogP contribution in [0.1, 0.15) is 30.5 Å². The van der Waals surface area contributed by atoms with E-state index in [1.807, 2.05) is 12.1 Å². The van der Waals surface area contributed by atoms with Crippen molar-refractivity contribution in [2.45, 2.75) is 19.4 Å². The molecule has 0 spiro atoms. The topological polar surface area (TPSA) is 12.0 Å². The van der Waals surface area contributed by atoms with Gasteiger partial charge in [0.05, 0.1) is 11.1 Å². The maximum atomic E-state index is 13.3. The smallest absolute Gasteiger partial charge is 0.141 e. The second-order valence-corrected chi connectivity index (χ2v) is 5.94. The minimum Gasteiger partial charge on any atom is -0.306 e. The molecule has 2 aromatic carbocycles. The molecule has 106 valence electrons. The van der Waals surface area contributed by atoms with Crippen molar-refractivity contribution in [2.24, 2.45) is 0 Å². The molecule has 1 atom stereocenters. The van der Waals surface area contributed by atoms with Crippen LogP contribution in [-0.2, 0) is 0 Å². The van der Waals surface area contributed by atoms with Crippen LogP contribution in [0.15, 0.2) is 46.9 Å². The summed E-state index contributed by atoms with van der Waals surface area (Å²) in [6, 6.07) is 13.0. The summed E-state index contributed by atoms with van der Waals surface area (Å²) in [5.74, 6) is -0.388. The number of nitrogens with one attached hydrogen (secondary N) is 1. The van der Waals surface area contributed by atoms with Crippen LogP contribution >= 0.6 is 27.5 Å². The van der Waals surface area contributed by atoms with Crippen molar-refractivity contribution >= 4 is 27.5 Å². The van der Waals surface area contributed by atoms with Gasteiger partial charge in [-0.2, -0.15) is 0 Å². The molecule has 2 aromatic rings. The molecule has 0 amide bonds. The highest BCUT2D eigenvalue weighted by Crippen LogP contribution is 2.27. The van der Waals surface area contributed by atoms with Crippen LogP contribution in [0.25, 0.3) is 0 Å². The van der Waals surface area contributed by atoms with Crippen molar-refractivity contribution in [3.8, 4) is 0 Å². The van der Waals surface area contributed by atoms with Gasteiger partial charge in [0.2, 0.25) is 0 Å². The molecule has 20 heavy (non-hydrogen) atoms. The molecule has 0 saturated carbocycles. The standard InChI is InChI=1S/C16H16BrClFN/c1-2-9-20-16(11-3-6-13(17)7-4-11)12-5-8-15(19)14(18)10-12/h3-8,10,16,20H,2,9H2,1H3. The minimum absolute atomic E-state index is 0.0150. The lowest BCUT2D eigenvalue weighted by Crippen LogP contribution is -2.23. The lowest BCUT2D eigenvalue weighted by Gasteiger charge is -2.20. The van der Waals surface area contributed by atoms with Gasteiger partial charge in [0, 0.05) is 4.47 Å². The fraction of sp³-hybridized carbons (Fsp3) is 0.250. The van der Waals surface area contributed by atoms with E-state index < -0.39 is 0 Å². The molecule has 4 heteroatoms. The van der Waals surface area contributed by atoms with Crippen molar-refractivity contribution in [2.75, 3.05) is 6.54 Å². The fourth-order valence-electron chi connectivity index (χ4n) is 2.06. The largest absolute Gasteiger partial charge is 0.306 e. The maximum Gasteiger partial charge on any atom is 0.141 e. The van der Waals surface area contributed by atoms with Crippen LogP contribution in [-0.4, -0.2) is 6.54 Å². The van der Waals surface area contributed by atoms with Gasteiger partial charge >= 0.3 is 0 Å². The van der Waals surface area contributed by atoms with Crippen molar-refractivity contribution < 1.29 is 4.39 Å². The zero-order chi connectivity index (χ0) is 14.5. The molecule has 0 fully saturated rings. The summed E-state index contributed by atoms with van der Waals surface area (Å²) < 4.78 is 14.3. The molecule has 1 unspecified atom stereocenters. The number of hydrogen-bond donors (Lipinski definition) is 1. The lowest BCUT2D eigenvalue weighted by atomic mass is 9.98. The second kappa shape index (κ2) is 7.21. The van der Waals surface area contributed by atoms with Crippen molar-refractivity contribution in [3.63, 3.8) is 0 Å². The van der Waals surface area contributed by atoms with Crippen LogP contribution in [0.3, 0.4) is 0 Å². The van der Waals surface area contributed by atoms with Gasteiger partial charge < -0.3 is 5.32 Å². The normalized spacial score (nSPS) is 12.4. The van der Waals surface area contributed by atoms with Crippen LogP contribution in [0, 0.1) is 5.82 Å². The fourth-order valence-corrected chi connectivity index (χ4v) is 2.52. The number of hydrogen-bond acceptors (Lipinski definition) is 1. The first-order valence-corrected chi connectivity index (χ1v) is 7.72. The van der Waals surface area contributed by atoms with Crippen LogP contribution in [0.4, 0.5) is 4.39 Å². The van der Waals surface area contributed by atoms with Crippen molar-refractivity contribution in [1.82, 2.24) is 5.32 Å². The molecule has 0 aliphatic heterocycles. The zero-order valence-electron chi connectivity index (χ0n) is 11.2. The Morgan fingerprint density at radius 2 is 1.80 bits per heavy atom. The predicted octanol–water partition coefficient (Wildman–Crippen LogP) is 5.33. The average Bonchev–Trinajstić information content (AvgIpc) is 2.45. The molecule has 0 aliphatic rings. The third-order valence-corrected chi connectivity index (χ3v) is 3.90. The Morgan fingerprint density at radius 1 is 1.15 bits per heavy atom. The Balaban J connectivity index is 2.35. The first-order valence-electron chi connectivity index (χ1n) is 6.55. The first-order chi connectivity index (χ1) is 9.61. The quantitative estimate of drug-likeness (QED) is 0.763. The van der Waals surface area contributed by atoms with E-state index >= 15 is 0 Å². The van der Waals surface area contributed by atoms with Gasteiger partial charge in [-0.15, -0.1) is 0 Å². The summed E-state index contributed by atoms with van der Waals surface area (Å²) in [5.41, 5.74) is 2.09. The van der Waals surface area contributed by atoms with Crippen molar-refractivity contribution in [3.05, 3.63) is 68.9 Å². The Kier molecular flexibility index (Phi) is 5.58. The molecule has 0 heterocycles. The highest BCUT2D eigenvalue weighted by Gasteiger charge is 2.14. The highest BCUT2D eigenvalue weighted by molar-refractivity contribution is 9.10. The molecule has 0 bridgehead atoms. The summed E-state index contributed by atoms with van der Waals surface area (Å²) in [6.45, 7) is 3.00. The predicted molar refractivity (Wildman–Crippen MR) is 85.7 cm³/mol. The average molecular weight is 357 g/mol. The number of halogens is 3. The SMILES string of the molecule is CCCNC(c1ccc(Br)cc1)c1ccc(F)c(Cl)c1. The van der Waals surface area contributed by atoms with Crippen LogP contribution in [0.5, 0.6) is 0 Å². The van der Waals surface area contributed by atoms with E-state index in [1.54, 1.807) is 12.1 Å². The van der Waals surface area contributed by atoms with E-state index in [9.17, 15) is 4.39 Å². The number of benzene rings is 2. The molecule has 0 aliphatic carbocycles. The molecular formula is C16H16BrClFN. The minimum atomic E-state index is -0.388. The summed E-state index contributed by atoms with van der Waals surface area (Å²) in [6.07, 6.45) is 1.03. The second-order valence-electron chi connectivity index (χ2n) is 4.61. The van der Waals surface area contributed by atoms with Gasteiger partial charge in [0.15, 0.2) is 0 Å². The molecule has 0 radical (unpaired) electrons. The lowest BCUT2D eigenvalue weighted by molar-refractivity contribution is 0.593. The third kappa shape index (κ3) is 3.81. The molecule has 0 aromatic heterocycles. The van der Waals surface area contributed by atoms with Gasteiger partial charge in [-0.1, -0.05) is 52.7 Å². The molecule has 0 saturated heterocycles. The van der Waals surface area contributed by atoms with Gasteiger partial charge in [-0.05, 0) is 48.4 Å². The molecular weight excluding hydrogens is 341 g/mol. The van der Waals surface area contributed by atoms with E-state index in [1.165, 1.54) is 6.07 Å². The van der Waals surface area contributed by atoms with E-state index in [0.717, 1.165) is 28.6 Å². The molecule has 2 rings (SSSR count).